The van der Waals surface area contributed by atoms with Gasteiger partial charge in [0.05, 0.1) is 16.0 Å². The average Bonchev–Trinajstić information content (AvgIpc) is 2.37. The normalized spacial score (nSPS) is 11.8. The molecule has 0 heterocycles. The summed E-state index contributed by atoms with van der Waals surface area (Å²) in [5, 5.41) is 0. The Morgan fingerprint density at radius 3 is 1.65 bits per heavy atom. The van der Waals surface area contributed by atoms with Crippen molar-refractivity contribution < 1.29 is 17.6 Å². The van der Waals surface area contributed by atoms with Crippen LogP contribution in [0.1, 0.15) is 19.4 Å². The molecule has 0 aliphatic carbocycles. The Bertz CT molecular complexity index is 616. The van der Waals surface area contributed by atoms with Crippen molar-refractivity contribution in [2.75, 3.05) is 0 Å². The maximum Gasteiger partial charge on any atom is 0.170 e. The van der Waals surface area contributed by atoms with Gasteiger partial charge in [-0.05, 0) is 19.4 Å². The zero-order valence-corrected chi connectivity index (χ0v) is 11.5. The van der Waals surface area contributed by atoms with E-state index in [-0.39, 0.29) is 5.56 Å². The van der Waals surface area contributed by atoms with Gasteiger partial charge < -0.3 is 0 Å². The van der Waals surface area contributed by atoms with E-state index in [0.717, 1.165) is 0 Å². The van der Waals surface area contributed by atoms with E-state index in [2.05, 4.69) is 0 Å². The molecule has 2 aromatic rings. The van der Waals surface area contributed by atoms with Crippen LogP contribution in [0.25, 0.3) is 11.1 Å². The number of hydrogen-bond acceptors (Lipinski definition) is 0. The van der Waals surface area contributed by atoms with Crippen molar-refractivity contribution in [3.63, 3.8) is 0 Å². The fourth-order valence-corrected chi connectivity index (χ4v) is 2.18. The molecule has 0 amide bonds. The second-order valence-corrected chi connectivity index (χ2v) is 5.79. The first kappa shape index (κ1) is 14.9. The van der Waals surface area contributed by atoms with Crippen LogP contribution in [0.15, 0.2) is 30.3 Å². The highest BCUT2D eigenvalue weighted by Gasteiger charge is 2.33. The topological polar surface area (TPSA) is 0 Å². The molecule has 0 saturated heterocycles. The molecular formula is C15H11ClF4. The number of halogens is 5. The third-order valence-corrected chi connectivity index (χ3v) is 3.11. The van der Waals surface area contributed by atoms with E-state index in [1.54, 1.807) is 6.07 Å². The molecule has 0 nitrogen and oxygen atoms in total. The van der Waals surface area contributed by atoms with Gasteiger partial charge in [0.1, 0.15) is 0 Å². The number of hydrogen-bond donors (Lipinski definition) is 0. The molecule has 2 rings (SSSR count). The van der Waals surface area contributed by atoms with Gasteiger partial charge in [-0.2, -0.15) is 0 Å². The minimum Gasteiger partial charge on any atom is -0.203 e. The number of alkyl halides is 1. The molecule has 5 heteroatoms. The summed E-state index contributed by atoms with van der Waals surface area (Å²) in [6, 6.07) is 7.40. The van der Waals surface area contributed by atoms with Crippen molar-refractivity contribution in [2.45, 2.75) is 18.7 Å². The molecule has 0 fully saturated rings. The molecule has 0 saturated carbocycles. The number of rotatable bonds is 2. The van der Waals surface area contributed by atoms with Crippen LogP contribution >= 0.6 is 11.6 Å². The molecule has 106 valence electrons. The fourth-order valence-electron chi connectivity index (χ4n) is 2.01. The summed E-state index contributed by atoms with van der Waals surface area (Å²) >= 11 is 5.80. The molecule has 0 aliphatic rings. The van der Waals surface area contributed by atoms with Gasteiger partial charge in [-0.25, -0.2) is 17.6 Å². The van der Waals surface area contributed by atoms with Gasteiger partial charge in [0.2, 0.25) is 0 Å². The predicted molar refractivity (Wildman–Crippen MR) is 70.6 cm³/mol. The number of benzene rings is 2. The molecule has 0 radical (unpaired) electrons. The molecule has 0 aromatic heterocycles. The van der Waals surface area contributed by atoms with Crippen LogP contribution in [0.3, 0.4) is 0 Å². The summed E-state index contributed by atoms with van der Waals surface area (Å²) in [6.45, 7) is 2.52. The Kier molecular flexibility index (Phi) is 3.78. The summed E-state index contributed by atoms with van der Waals surface area (Å²) in [5.41, 5.74) is -1.49. The van der Waals surface area contributed by atoms with Gasteiger partial charge in [-0.3, -0.25) is 0 Å². The lowest BCUT2D eigenvalue weighted by Crippen LogP contribution is -2.17. The van der Waals surface area contributed by atoms with Crippen LogP contribution in [0.2, 0.25) is 0 Å². The van der Waals surface area contributed by atoms with Crippen LogP contribution in [0.5, 0.6) is 0 Å². The van der Waals surface area contributed by atoms with Crippen LogP contribution in [-0.2, 0) is 4.87 Å². The molecule has 0 N–H and O–H groups in total. The zero-order chi connectivity index (χ0) is 15.1. The lowest BCUT2D eigenvalue weighted by Gasteiger charge is -2.20. The van der Waals surface area contributed by atoms with Crippen molar-refractivity contribution >= 4 is 11.6 Å². The molecule has 0 unspecified atom stereocenters. The monoisotopic (exact) mass is 302 g/mol. The van der Waals surface area contributed by atoms with E-state index in [0.29, 0.717) is 0 Å². The van der Waals surface area contributed by atoms with Crippen LogP contribution in [-0.4, -0.2) is 0 Å². The second-order valence-electron chi connectivity index (χ2n) is 4.84. The van der Waals surface area contributed by atoms with Gasteiger partial charge in [0.15, 0.2) is 23.3 Å². The summed E-state index contributed by atoms with van der Waals surface area (Å²) in [7, 11) is 0. The summed E-state index contributed by atoms with van der Waals surface area (Å²) < 4.78 is 56.2. The molecule has 20 heavy (non-hydrogen) atoms. The highest BCUT2D eigenvalue weighted by Crippen LogP contribution is 2.38. The first-order valence-corrected chi connectivity index (χ1v) is 6.23. The zero-order valence-electron chi connectivity index (χ0n) is 10.8. The maximum absolute atomic E-state index is 14.1. The van der Waals surface area contributed by atoms with Gasteiger partial charge in [-0.15, -0.1) is 11.6 Å². The SMILES string of the molecule is CC(C)(Cl)c1c(F)c(F)c(-c2ccccc2)c(F)c1F. The standard InChI is InChI=1S/C15H11ClF4/c1-15(2,16)10-13(19)11(17)9(12(18)14(10)20)8-6-4-3-5-7-8/h3-7H,1-2H3. The minimum absolute atomic E-state index is 0.0548. The van der Waals surface area contributed by atoms with E-state index in [4.69, 9.17) is 11.6 Å². The van der Waals surface area contributed by atoms with E-state index in [9.17, 15) is 17.6 Å². The fraction of sp³-hybridized carbons (Fsp3) is 0.200. The van der Waals surface area contributed by atoms with Gasteiger partial charge in [-0.1, -0.05) is 30.3 Å². The van der Waals surface area contributed by atoms with Gasteiger partial charge in [0.25, 0.3) is 0 Å². The molecule has 0 spiro atoms. The quantitative estimate of drug-likeness (QED) is 0.397. The van der Waals surface area contributed by atoms with E-state index in [1.807, 2.05) is 0 Å². The van der Waals surface area contributed by atoms with Crippen molar-refractivity contribution in [2.24, 2.45) is 0 Å². The van der Waals surface area contributed by atoms with E-state index < -0.39 is 39.3 Å². The van der Waals surface area contributed by atoms with Gasteiger partial charge >= 0.3 is 0 Å². The maximum atomic E-state index is 14.1. The third kappa shape index (κ3) is 2.40. The Hall–Kier alpha value is -1.55. The Balaban J connectivity index is 2.82. The minimum atomic E-state index is -1.56. The summed E-state index contributed by atoms with van der Waals surface area (Å²) in [5.74, 6) is -5.83. The smallest absolute Gasteiger partial charge is 0.170 e. The lowest BCUT2D eigenvalue weighted by molar-refractivity contribution is 0.429. The van der Waals surface area contributed by atoms with Crippen molar-refractivity contribution in [1.82, 2.24) is 0 Å². The van der Waals surface area contributed by atoms with Crippen LogP contribution in [0.4, 0.5) is 17.6 Å². The van der Waals surface area contributed by atoms with Crippen molar-refractivity contribution in [1.29, 1.82) is 0 Å². The second kappa shape index (κ2) is 5.09. The lowest BCUT2D eigenvalue weighted by atomic mass is 9.95. The predicted octanol–water partition coefficient (Wildman–Crippen LogP) is 5.38. The van der Waals surface area contributed by atoms with Gasteiger partial charge in [0, 0.05) is 0 Å². The summed E-state index contributed by atoms with van der Waals surface area (Å²) in [6.07, 6.45) is 0. The first-order chi connectivity index (χ1) is 9.25. The van der Waals surface area contributed by atoms with Crippen LogP contribution < -0.4 is 0 Å². The first-order valence-electron chi connectivity index (χ1n) is 5.86. The third-order valence-electron chi connectivity index (χ3n) is 2.92. The Labute approximate surface area is 119 Å². The Morgan fingerprint density at radius 1 is 0.800 bits per heavy atom. The molecule has 0 atom stereocenters. The molecule has 2 aromatic carbocycles. The molecule has 0 aliphatic heterocycles. The highest BCUT2D eigenvalue weighted by molar-refractivity contribution is 6.23. The molecule has 0 bridgehead atoms. The van der Waals surface area contributed by atoms with Crippen molar-refractivity contribution in [3.8, 4) is 11.1 Å². The largest absolute Gasteiger partial charge is 0.203 e. The van der Waals surface area contributed by atoms with E-state index >= 15 is 0 Å². The Morgan fingerprint density at radius 2 is 1.25 bits per heavy atom. The average molecular weight is 303 g/mol. The van der Waals surface area contributed by atoms with E-state index in [1.165, 1.54) is 38.1 Å². The van der Waals surface area contributed by atoms with Crippen molar-refractivity contribution in [3.05, 3.63) is 59.2 Å². The molecular weight excluding hydrogens is 292 g/mol. The van der Waals surface area contributed by atoms with Crippen LogP contribution in [0, 0.1) is 23.3 Å². The summed E-state index contributed by atoms with van der Waals surface area (Å²) in [4.78, 5) is -1.56. The highest BCUT2D eigenvalue weighted by atomic mass is 35.5.